The molecule has 0 amide bonds. The van der Waals surface area contributed by atoms with Crippen molar-refractivity contribution in [3.8, 4) is 0 Å². The lowest BCUT2D eigenvalue weighted by Crippen LogP contribution is -2.01. The minimum atomic E-state index is -0.749. The highest BCUT2D eigenvalue weighted by Gasteiger charge is 1.94. The first-order chi connectivity index (χ1) is 6.77. The van der Waals surface area contributed by atoms with Gasteiger partial charge < -0.3 is 9.94 Å². The van der Waals surface area contributed by atoms with Crippen molar-refractivity contribution in [3.05, 3.63) is 10.1 Å². The largest absolute Gasteiger partial charge is 0.396 e. The van der Waals surface area contributed by atoms with E-state index in [0.717, 1.165) is 44.9 Å². The van der Waals surface area contributed by atoms with Gasteiger partial charge in [0.25, 0.3) is 5.09 Å². The van der Waals surface area contributed by atoms with Gasteiger partial charge in [0, 0.05) is 6.61 Å². The molecule has 0 aromatic carbocycles. The van der Waals surface area contributed by atoms with E-state index in [1.165, 1.54) is 0 Å². The monoisotopic (exact) mass is 205 g/mol. The zero-order valence-electron chi connectivity index (χ0n) is 8.48. The van der Waals surface area contributed by atoms with Crippen molar-refractivity contribution in [1.29, 1.82) is 0 Å². The lowest BCUT2D eigenvalue weighted by Gasteiger charge is -2.00. The van der Waals surface area contributed by atoms with E-state index in [4.69, 9.17) is 5.11 Å². The predicted octanol–water partition coefficient (Wildman–Crippen LogP) is 1.92. The number of hydrogen-bond donors (Lipinski definition) is 1. The number of unbranched alkanes of at least 4 members (excludes halogenated alkanes) is 6. The van der Waals surface area contributed by atoms with Gasteiger partial charge in [-0.1, -0.05) is 32.1 Å². The van der Waals surface area contributed by atoms with Gasteiger partial charge in [-0.3, -0.25) is 0 Å². The van der Waals surface area contributed by atoms with Crippen molar-refractivity contribution in [3.63, 3.8) is 0 Å². The van der Waals surface area contributed by atoms with Crippen molar-refractivity contribution in [2.24, 2.45) is 0 Å². The summed E-state index contributed by atoms with van der Waals surface area (Å²) in [7, 11) is 0. The molecule has 0 heterocycles. The van der Waals surface area contributed by atoms with Crippen molar-refractivity contribution < 1.29 is 15.0 Å². The molecule has 0 saturated carbocycles. The fourth-order valence-electron chi connectivity index (χ4n) is 1.24. The molecule has 0 spiro atoms. The SMILES string of the molecule is O=[N+]([O-])OCCCCCCCCCO. The molecule has 5 nitrogen and oxygen atoms in total. The Morgan fingerprint density at radius 2 is 1.50 bits per heavy atom. The second-order valence-electron chi connectivity index (χ2n) is 3.26. The molecule has 0 aliphatic carbocycles. The summed E-state index contributed by atoms with van der Waals surface area (Å²) in [6.07, 6.45) is 7.04. The van der Waals surface area contributed by atoms with Gasteiger partial charge in [0.1, 0.15) is 0 Å². The molecule has 1 N–H and O–H groups in total. The quantitative estimate of drug-likeness (QED) is 0.336. The van der Waals surface area contributed by atoms with Crippen LogP contribution in [0.2, 0.25) is 0 Å². The lowest BCUT2D eigenvalue weighted by atomic mass is 10.1. The number of aliphatic hydroxyl groups is 1. The Morgan fingerprint density at radius 1 is 1.00 bits per heavy atom. The first kappa shape index (κ1) is 13.2. The topological polar surface area (TPSA) is 72.6 Å². The third kappa shape index (κ3) is 11.2. The Kier molecular flexibility index (Phi) is 9.63. The Bertz CT molecular complexity index is 141. The van der Waals surface area contributed by atoms with Crippen molar-refractivity contribution >= 4 is 0 Å². The molecular weight excluding hydrogens is 186 g/mol. The summed E-state index contributed by atoms with van der Waals surface area (Å²) in [4.78, 5) is 13.9. The second kappa shape index (κ2) is 10.2. The first-order valence-electron chi connectivity index (χ1n) is 5.15. The third-order valence-corrected chi connectivity index (χ3v) is 2.00. The van der Waals surface area contributed by atoms with Crippen LogP contribution in [0.15, 0.2) is 0 Å². The van der Waals surface area contributed by atoms with E-state index >= 15 is 0 Å². The molecule has 0 bridgehead atoms. The predicted molar refractivity (Wildman–Crippen MR) is 52.4 cm³/mol. The molecule has 0 aliphatic heterocycles. The molecule has 84 valence electrons. The van der Waals surface area contributed by atoms with Crippen LogP contribution >= 0.6 is 0 Å². The van der Waals surface area contributed by atoms with Crippen LogP contribution in [-0.2, 0) is 4.84 Å². The average Bonchev–Trinajstić information content (AvgIpc) is 2.15. The van der Waals surface area contributed by atoms with Gasteiger partial charge in [-0.2, -0.15) is 0 Å². The smallest absolute Gasteiger partial charge is 0.294 e. The molecule has 14 heavy (non-hydrogen) atoms. The molecule has 0 unspecified atom stereocenters. The summed E-state index contributed by atoms with van der Waals surface area (Å²) in [6, 6.07) is 0. The number of rotatable bonds is 10. The normalized spacial score (nSPS) is 10.1. The van der Waals surface area contributed by atoms with Crippen LogP contribution in [0.3, 0.4) is 0 Å². The molecule has 0 radical (unpaired) electrons. The van der Waals surface area contributed by atoms with E-state index in [-0.39, 0.29) is 13.2 Å². The highest BCUT2D eigenvalue weighted by atomic mass is 16.9. The van der Waals surface area contributed by atoms with E-state index in [9.17, 15) is 10.1 Å². The van der Waals surface area contributed by atoms with Crippen LogP contribution < -0.4 is 0 Å². The minimum absolute atomic E-state index is 0.212. The molecule has 0 aliphatic rings. The van der Waals surface area contributed by atoms with Gasteiger partial charge in [-0.15, -0.1) is 10.1 Å². The lowest BCUT2D eigenvalue weighted by molar-refractivity contribution is -0.757. The van der Waals surface area contributed by atoms with Crippen LogP contribution in [0.1, 0.15) is 44.9 Å². The molecule has 0 aromatic heterocycles. The molecule has 0 rings (SSSR count). The van der Waals surface area contributed by atoms with E-state index in [1.807, 2.05) is 0 Å². The van der Waals surface area contributed by atoms with E-state index in [2.05, 4.69) is 4.84 Å². The van der Waals surface area contributed by atoms with Gasteiger partial charge in [0.05, 0.1) is 6.61 Å². The Morgan fingerprint density at radius 3 is 2.00 bits per heavy atom. The van der Waals surface area contributed by atoms with Gasteiger partial charge in [-0.05, 0) is 12.8 Å². The fourth-order valence-corrected chi connectivity index (χ4v) is 1.24. The van der Waals surface area contributed by atoms with Gasteiger partial charge in [-0.25, -0.2) is 0 Å². The summed E-state index contributed by atoms with van der Waals surface area (Å²) in [5.41, 5.74) is 0. The molecule has 0 atom stereocenters. The summed E-state index contributed by atoms with van der Waals surface area (Å²) in [6.45, 7) is 0.486. The molecule has 0 fully saturated rings. The third-order valence-electron chi connectivity index (χ3n) is 2.00. The highest BCUT2D eigenvalue weighted by molar-refractivity contribution is 4.45. The van der Waals surface area contributed by atoms with Crippen LogP contribution in [0.5, 0.6) is 0 Å². The molecule has 0 saturated heterocycles. The summed E-state index contributed by atoms with van der Waals surface area (Å²) >= 11 is 0. The van der Waals surface area contributed by atoms with Crippen LogP contribution in [0, 0.1) is 10.1 Å². The number of nitrogens with zero attached hydrogens (tertiary/aromatic N) is 1. The van der Waals surface area contributed by atoms with E-state index in [1.54, 1.807) is 0 Å². The zero-order chi connectivity index (χ0) is 10.6. The standard InChI is InChI=1S/C9H19NO4/c11-8-6-4-2-1-3-5-7-9-14-10(12)13/h11H,1-9H2. The maximum absolute atomic E-state index is 9.77. The Labute approximate surface area is 84.2 Å². The van der Waals surface area contributed by atoms with Gasteiger partial charge in [0.2, 0.25) is 0 Å². The van der Waals surface area contributed by atoms with Gasteiger partial charge in [0.15, 0.2) is 0 Å². The molecular formula is C9H19NO4. The Hall–Kier alpha value is -0.840. The summed E-state index contributed by atoms with van der Waals surface area (Å²) in [5, 5.41) is 17.5. The Balaban J connectivity index is 2.88. The fraction of sp³-hybridized carbons (Fsp3) is 1.00. The highest BCUT2D eigenvalue weighted by Crippen LogP contribution is 2.06. The first-order valence-corrected chi connectivity index (χ1v) is 5.15. The number of hydrogen-bond acceptors (Lipinski definition) is 4. The van der Waals surface area contributed by atoms with Crippen LogP contribution in [0.25, 0.3) is 0 Å². The van der Waals surface area contributed by atoms with Crippen molar-refractivity contribution in [1.82, 2.24) is 0 Å². The van der Waals surface area contributed by atoms with Crippen LogP contribution in [-0.4, -0.2) is 23.4 Å². The average molecular weight is 205 g/mol. The minimum Gasteiger partial charge on any atom is -0.396 e. The van der Waals surface area contributed by atoms with E-state index in [0.29, 0.717) is 0 Å². The maximum atomic E-state index is 9.77. The maximum Gasteiger partial charge on any atom is 0.294 e. The summed E-state index contributed by atoms with van der Waals surface area (Å²) in [5.74, 6) is 0. The van der Waals surface area contributed by atoms with Crippen LogP contribution in [0.4, 0.5) is 0 Å². The van der Waals surface area contributed by atoms with Crippen molar-refractivity contribution in [2.75, 3.05) is 13.2 Å². The van der Waals surface area contributed by atoms with Gasteiger partial charge >= 0.3 is 0 Å². The second-order valence-corrected chi connectivity index (χ2v) is 3.26. The molecule has 5 heteroatoms. The van der Waals surface area contributed by atoms with E-state index < -0.39 is 5.09 Å². The van der Waals surface area contributed by atoms with Crippen molar-refractivity contribution in [2.45, 2.75) is 44.9 Å². The molecule has 0 aromatic rings. The number of aliphatic hydroxyl groups excluding tert-OH is 1. The zero-order valence-corrected chi connectivity index (χ0v) is 8.48. The summed E-state index contributed by atoms with van der Waals surface area (Å²) < 4.78 is 0.